The summed E-state index contributed by atoms with van der Waals surface area (Å²) in [5.41, 5.74) is -0.0985. The molecule has 2 N–H and O–H groups in total. The van der Waals surface area contributed by atoms with Gasteiger partial charge in [0.15, 0.2) is 0 Å². The van der Waals surface area contributed by atoms with Crippen molar-refractivity contribution in [3.8, 4) is 0 Å². The van der Waals surface area contributed by atoms with Crippen molar-refractivity contribution in [1.29, 1.82) is 0 Å². The number of aliphatic hydroxyl groups is 1. The zero-order chi connectivity index (χ0) is 15.0. The van der Waals surface area contributed by atoms with Gasteiger partial charge in [0.05, 0.1) is 6.61 Å². The van der Waals surface area contributed by atoms with Crippen LogP contribution in [0.1, 0.15) is 39.0 Å². The molecule has 0 radical (unpaired) electrons. The molecule has 1 atom stereocenters. The van der Waals surface area contributed by atoms with Crippen molar-refractivity contribution >= 4 is 0 Å². The van der Waals surface area contributed by atoms with E-state index in [2.05, 4.69) is 36.1 Å². The lowest BCUT2D eigenvalue weighted by atomic mass is 9.94. The Labute approximate surface area is 125 Å². The highest BCUT2D eigenvalue weighted by Gasteiger charge is 2.21. The predicted octanol–water partition coefficient (Wildman–Crippen LogP) is 1.40. The van der Waals surface area contributed by atoms with Crippen LogP contribution < -0.4 is 5.32 Å². The molecule has 0 saturated carbocycles. The molecule has 0 aromatic heterocycles. The van der Waals surface area contributed by atoms with E-state index in [-0.39, 0.29) is 12.1 Å². The number of piperidine rings is 1. The maximum atomic E-state index is 9.36. The number of aliphatic hydroxyl groups excluding tert-OH is 1. The van der Waals surface area contributed by atoms with Crippen molar-refractivity contribution < 1.29 is 5.11 Å². The second-order valence-electron chi connectivity index (χ2n) is 6.97. The molecular weight excluding hydrogens is 250 g/mol. The fraction of sp³-hybridized carbons (Fsp3) is 1.00. The maximum absolute atomic E-state index is 9.36. The van der Waals surface area contributed by atoms with E-state index < -0.39 is 0 Å². The van der Waals surface area contributed by atoms with Crippen molar-refractivity contribution in [3.63, 3.8) is 0 Å². The Kier molecular flexibility index (Phi) is 8.03. The number of nitrogens with zero attached hydrogens (tertiary/aromatic N) is 2. The Hall–Kier alpha value is -0.160. The molecule has 1 unspecified atom stereocenters. The highest BCUT2D eigenvalue weighted by atomic mass is 16.3. The van der Waals surface area contributed by atoms with E-state index in [4.69, 9.17) is 0 Å². The Morgan fingerprint density at radius 2 is 1.90 bits per heavy atom. The van der Waals surface area contributed by atoms with E-state index >= 15 is 0 Å². The Morgan fingerprint density at radius 1 is 1.25 bits per heavy atom. The summed E-state index contributed by atoms with van der Waals surface area (Å²) in [5, 5.41) is 12.6. The lowest BCUT2D eigenvalue weighted by molar-refractivity contribution is 0.151. The summed E-state index contributed by atoms with van der Waals surface area (Å²) in [4.78, 5) is 4.93. The zero-order valence-electron chi connectivity index (χ0n) is 14.0. The van der Waals surface area contributed by atoms with Gasteiger partial charge in [-0.15, -0.1) is 0 Å². The number of likely N-dealkylation sites (N-methyl/N-ethyl adjacent to an activating group) is 1. The lowest BCUT2D eigenvalue weighted by Crippen LogP contribution is -2.43. The van der Waals surface area contributed by atoms with Crippen LogP contribution in [-0.4, -0.2) is 74.4 Å². The van der Waals surface area contributed by atoms with Gasteiger partial charge in [-0.05, 0) is 79.3 Å². The summed E-state index contributed by atoms with van der Waals surface area (Å²) >= 11 is 0. The minimum Gasteiger partial charge on any atom is -0.394 e. The molecule has 0 bridgehead atoms. The van der Waals surface area contributed by atoms with Crippen molar-refractivity contribution in [2.24, 2.45) is 5.92 Å². The van der Waals surface area contributed by atoms with Crippen LogP contribution in [0.15, 0.2) is 0 Å². The van der Waals surface area contributed by atoms with Gasteiger partial charge in [0.25, 0.3) is 0 Å². The molecule has 1 fully saturated rings. The number of hydrogen-bond donors (Lipinski definition) is 2. The third kappa shape index (κ3) is 6.53. The first-order valence-electron chi connectivity index (χ1n) is 8.16. The molecule has 1 aliphatic rings. The van der Waals surface area contributed by atoms with Crippen molar-refractivity contribution in [2.75, 3.05) is 53.9 Å². The van der Waals surface area contributed by atoms with Crippen molar-refractivity contribution in [2.45, 2.75) is 44.6 Å². The van der Waals surface area contributed by atoms with Crippen LogP contribution in [0.3, 0.4) is 0 Å². The first-order chi connectivity index (χ1) is 9.49. The van der Waals surface area contributed by atoms with E-state index in [1.807, 2.05) is 7.05 Å². The monoisotopic (exact) mass is 285 g/mol. The summed E-state index contributed by atoms with van der Waals surface area (Å²) in [6, 6.07) is 0. The number of unbranched alkanes of at least 4 members (excludes halogenated alkanes) is 1. The van der Waals surface area contributed by atoms with Gasteiger partial charge in [0, 0.05) is 12.1 Å². The van der Waals surface area contributed by atoms with Crippen molar-refractivity contribution in [3.05, 3.63) is 0 Å². The second-order valence-corrected chi connectivity index (χ2v) is 6.97. The smallest absolute Gasteiger partial charge is 0.0610 e. The lowest BCUT2D eigenvalue weighted by Gasteiger charge is -2.33. The van der Waals surface area contributed by atoms with Crippen LogP contribution in [0.4, 0.5) is 0 Å². The molecule has 0 amide bonds. The Morgan fingerprint density at radius 3 is 2.40 bits per heavy atom. The molecule has 1 aliphatic heterocycles. The minimum atomic E-state index is -0.0985. The number of likely N-dealkylation sites (tertiary alicyclic amines) is 1. The third-order valence-electron chi connectivity index (χ3n) is 4.74. The average molecular weight is 285 g/mol. The van der Waals surface area contributed by atoms with Gasteiger partial charge in [-0.2, -0.15) is 0 Å². The van der Waals surface area contributed by atoms with Crippen LogP contribution in [0.25, 0.3) is 0 Å². The average Bonchev–Trinajstić information content (AvgIpc) is 2.44. The summed E-state index contributed by atoms with van der Waals surface area (Å²) in [5.74, 6) is 0.892. The Balaban J connectivity index is 2.10. The quantitative estimate of drug-likeness (QED) is 0.628. The molecule has 0 aromatic carbocycles. The van der Waals surface area contributed by atoms with E-state index in [1.165, 1.54) is 51.9 Å². The third-order valence-corrected chi connectivity index (χ3v) is 4.74. The van der Waals surface area contributed by atoms with Crippen molar-refractivity contribution in [1.82, 2.24) is 15.1 Å². The molecular formula is C16H35N3O. The first kappa shape index (κ1) is 17.9. The van der Waals surface area contributed by atoms with Crippen LogP contribution in [0.5, 0.6) is 0 Å². The van der Waals surface area contributed by atoms with Gasteiger partial charge in [-0.1, -0.05) is 6.42 Å². The molecule has 1 rings (SSSR count). The van der Waals surface area contributed by atoms with Gasteiger partial charge in [-0.25, -0.2) is 0 Å². The van der Waals surface area contributed by atoms with Crippen LogP contribution >= 0.6 is 0 Å². The van der Waals surface area contributed by atoms with E-state index in [0.29, 0.717) is 0 Å². The summed E-state index contributed by atoms with van der Waals surface area (Å²) in [7, 11) is 6.28. The van der Waals surface area contributed by atoms with E-state index in [0.717, 1.165) is 12.3 Å². The predicted molar refractivity (Wildman–Crippen MR) is 86.1 cm³/mol. The largest absolute Gasteiger partial charge is 0.394 e. The first-order valence-corrected chi connectivity index (χ1v) is 8.16. The normalized spacial score (nSPS) is 21.3. The number of hydrogen-bond acceptors (Lipinski definition) is 4. The van der Waals surface area contributed by atoms with Crippen LogP contribution in [0.2, 0.25) is 0 Å². The zero-order valence-corrected chi connectivity index (χ0v) is 14.0. The van der Waals surface area contributed by atoms with E-state index in [9.17, 15) is 5.11 Å². The molecule has 0 aromatic rings. The molecule has 20 heavy (non-hydrogen) atoms. The van der Waals surface area contributed by atoms with Gasteiger partial charge >= 0.3 is 0 Å². The van der Waals surface area contributed by atoms with Gasteiger partial charge in [-0.3, -0.25) is 0 Å². The SMILES string of the molecule is CNC(C)(CO)CCCCN1CCC(CN(C)C)CC1. The molecule has 120 valence electrons. The molecule has 4 nitrogen and oxygen atoms in total. The molecule has 1 saturated heterocycles. The summed E-state index contributed by atoms with van der Waals surface area (Å²) in [6.07, 6.45) is 6.19. The molecule has 0 spiro atoms. The summed E-state index contributed by atoms with van der Waals surface area (Å²) in [6.45, 7) is 7.31. The fourth-order valence-electron chi connectivity index (χ4n) is 3.04. The standard InChI is InChI=1S/C16H35N3O/c1-16(14-20,17-2)9-5-6-10-19-11-7-15(8-12-19)13-18(3)4/h15,17,20H,5-14H2,1-4H3. The minimum absolute atomic E-state index is 0.0985. The molecule has 1 heterocycles. The van der Waals surface area contributed by atoms with E-state index in [1.54, 1.807) is 0 Å². The molecule has 0 aliphatic carbocycles. The topological polar surface area (TPSA) is 38.7 Å². The van der Waals surface area contributed by atoms with Crippen LogP contribution in [0, 0.1) is 5.92 Å². The van der Waals surface area contributed by atoms with Crippen LogP contribution in [-0.2, 0) is 0 Å². The fourth-order valence-corrected chi connectivity index (χ4v) is 3.04. The highest BCUT2D eigenvalue weighted by Crippen LogP contribution is 2.19. The number of nitrogens with one attached hydrogen (secondary N) is 1. The second kappa shape index (κ2) is 8.98. The van der Waals surface area contributed by atoms with Gasteiger partial charge < -0.3 is 20.2 Å². The number of rotatable bonds is 9. The maximum Gasteiger partial charge on any atom is 0.0610 e. The Bertz CT molecular complexity index is 246. The molecule has 4 heteroatoms. The van der Waals surface area contributed by atoms with Gasteiger partial charge in [0.1, 0.15) is 0 Å². The summed E-state index contributed by atoms with van der Waals surface area (Å²) < 4.78 is 0. The highest BCUT2D eigenvalue weighted by molar-refractivity contribution is 4.80. The van der Waals surface area contributed by atoms with Gasteiger partial charge in [0.2, 0.25) is 0 Å².